The quantitative estimate of drug-likeness (QED) is 0.844. The number of nitrogens with zero attached hydrogens (tertiary/aromatic N) is 2. The van der Waals surface area contributed by atoms with Gasteiger partial charge in [0.05, 0.1) is 17.7 Å². The lowest BCUT2D eigenvalue weighted by Crippen LogP contribution is -2.34. The van der Waals surface area contributed by atoms with Crippen LogP contribution < -0.4 is 5.32 Å². The van der Waals surface area contributed by atoms with Crippen LogP contribution in [0.5, 0.6) is 0 Å². The lowest BCUT2D eigenvalue weighted by atomic mass is 9.98. The summed E-state index contributed by atoms with van der Waals surface area (Å²) in [5.74, 6) is -1.90. The summed E-state index contributed by atoms with van der Waals surface area (Å²) in [4.78, 5) is 23.3. The molecule has 0 radical (unpaired) electrons. The van der Waals surface area contributed by atoms with Crippen LogP contribution in [0, 0.1) is 12.8 Å². The number of carboxylic acid groups (broad SMARTS) is 1. The first-order valence-corrected chi connectivity index (χ1v) is 7.01. The number of nitrogens with one attached hydrogen (secondary N) is 1. The van der Waals surface area contributed by atoms with E-state index in [0.29, 0.717) is 12.0 Å². The van der Waals surface area contributed by atoms with Gasteiger partial charge in [-0.1, -0.05) is 29.8 Å². The number of hydrogen-bond donors (Lipinski definition) is 2. The Morgan fingerprint density at radius 1 is 1.32 bits per heavy atom. The highest BCUT2D eigenvalue weighted by molar-refractivity contribution is 5.93. The average molecular weight is 301 g/mol. The third-order valence-corrected chi connectivity index (χ3v) is 3.43. The fourth-order valence-electron chi connectivity index (χ4n) is 2.11. The van der Waals surface area contributed by atoms with E-state index in [1.165, 1.54) is 10.9 Å². The van der Waals surface area contributed by atoms with E-state index in [9.17, 15) is 14.7 Å². The Morgan fingerprint density at radius 2 is 2.00 bits per heavy atom. The summed E-state index contributed by atoms with van der Waals surface area (Å²) in [6.07, 6.45) is 3.42. The number of hydrogen-bond acceptors (Lipinski definition) is 3. The first-order valence-electron chi connectivity index (χ1n) is 7.01. The summed E-state index contributed by atoms with van der Waals surface area (Å²) in [5.41, 5.74) is 2.48. The number of carboxylic acids is 1. The zero-order valence-electron chi connectivity index (χ0n) is 12.6. The molecule has 2 N–H and O–H groups in total. The second-order valence-corrected chi connectivity index (χ2v) is 5.34. The topological polar surface area (TPSA) is 84.2 Å². The van der Waals surface area contributed by atoms with Gasteiger partial charge in [-0.05, 0) is 18.9 Å². The Morgan fingerprint density at radius 3 is 2.55 bits per heavy atom. The van der Waals surface area contributed by atoms with Crippen molar-refractivity contribution in [2.45, 2.75) is 13.3 Å². The van der Waals surface area contributed by atoms with Gasteiger partial charge in [-0.2, -0.15) is 5.10 Å². The van der Waals surface area contributed by atoms with Crippen molar-refractivity contribution in [1.82, 2.24) is 15.1 Å². The van der Waals surface area contributed by atoms with Gasteiger partial charge in [0.15, 0.2) is 0 Å². The highest BCUT2D eigenvalue weighted by atomic mass is 16.4. The standard InChI is InChI=1S/C16H19N3O3/c1-11-3-5-12(6-4-11)7-13(16(21)22)8-17-15(20)14-9-18-19(2)10-14/h3-6,9-10,13H,7-8H2,1-2H3,(H,17,20)(H,21,22). The molecule has 0 fully saturated rings. The van der Waals surface area contributed by atoms with Crippen LogP contribution in [0.25, 0.3) is 0 Å². The van der Waals surface area contributed by atoms with Crippen molar-refractivity contribution in [2.75, 3.05) is 6.54 Å². The molecule has 2 aromatic rings. The van der Waals surface area contributed by atoms with Gasteiger partial charge in [-0.25, -0.2) is 0 Å². The largest absolute Gasteiger partial charge is 0.481 e. The van der Waals surface area contributed by atoms with Crippen LogP contribution in [-0.4, -0.2) is 33.3 Å². The van der Waals surface area contributed by atoms with E-state index in [4.69, 9.17) is 0 Å². The number of aromatic nitrogens is 2. The molecule has 0 aliphatic heterocycles. The molecule has 1 aromatic carbocycles. The number of benzene rings is 1. The molecule has 6 heteroatoms. The van der Waals surface area contributed by atoms with Crippen LogP contribution in [0.1, 0.15) is 21.5 Å². The van der Waals surface area contributed by atoms with Gasteiger partial charge in [0.25, 0.3) is 5.91 Å². The highest BCUT2D eigenvalue weighted by Crippen LogP contribution is 2.10. The molecule has 0 aliphatic rings. The molecule has 0 aliphatic carbocycles. The molecule has 1 unspecified atom stereocenters. The lowest BCUT2D eigenvalue weighted by Gasteiger charge is -2.13. The van der Waals surface area contributed by atoms with Crippen LogP contribution in [0.15, 0.2) is 36.7 Å². The van der Waals surface area contributed by atoms with Crippen LogP contribution in [0.2, 0.25) is 0 Å². The van der Waals surface area contributed by atoms with E-state index in [1.807, 2.05) is 31.2 Å². The molecule has 1 heterocycles. The first-order chi connectivity index (χ1) is 10.5. The summed E-state index contributed by atoms with van der Waals surface area (Å²) >= 11 is 0. The Hall–Kier alpha value is -2.63. The van der Waals surface area contributed by atoms with Gasteiger partial charge >= 0.3 is 5.97 Å². The van der Waals surface area contributed by atoms with Gasteiger partial charge in [-0.3, -0.25) is 14.3 Å². The van der Waals surface area contributed by atoms with E-state index >= 15 is 0 Å². The minimum Gasteiger partial charge on any atom is -0.481 e. The third kappa shape index (κ3) is 4.18. The predicted octanol–water partition coefficient (Wildman–Crippen LogP) is 1.40. The Bertz CT molecular complexity index is 662. The molecule has 0 spiro atoms. The first kappa shape index (κ1) is 15.8. The summed E-state index contributed by atoms with van der Waals surface area (Å²) in [6.45, 7) is 2.06. The van der Waals surface area contributed by atoms with Crippen molar-refractivity contribution in [1.29, 1.82) is 0 Å². The number of aryl methyl sites for hydroxylation is 2. The van der Waals surface area contributed by atoms with Crippen molar-refractivity contribution in [3.63, 3.8) is 0 Å². The molecule has 0 bridgehead atoms. The van der Waals surface area contributed by atoms with Crippen LogP contribution >= 0.6 is 0 Å². The second kappa shape index (κ2) is 6.89. The van der Waals surface area contributed by atoms with Gasteiger partial charge in [0, 0.05) is 19.8 Å². The Kier molecular flexibility index (Phi) is 4.93. The Balaban J connectivity index is 1.95. The molecule has 22 heavy (non-hydrogen) atoms. The van der Waals surface area contributed by atoms with Crippen molar-refractivity contribution < 1.29 is 14.7 Å². The molecule has 0 saturated carbocycles. The van der Waals surface area contributed by atoms with E-state index in [0.717, 1.165) is 11.1 Å². The normalized spacial score (nSPS) is 11.9. The maximum atomic E-state index is 11.9. The number of carbonyl (C=O) groups excluding carboxylic acids is 1. The van der Waals surface area contributed by atoms with Gasteiger partial charge in [-0.15, -0.1) is 0 Å². The molecular formula is C16H19N3O3. The zero-order valence-corrected chi connectivity index (χ0v) is 12.6. The van der Waals surface area contributed by atoms with Crippen LogP contribution in [0.3, 0.4) is 0 Å². The van der Waals surface area contributed by atoms with Crippen LogP contribution in [0.4, 0.5) is 0 Å². The molecule has 1 amide bonds. The lowest BCUT2D eigenvalue weighted by molar-refractivity contribution is -0.141. The zero-order chi connectivity index (χ0) is 16.1. The summed E-state index contributed by atoms with van der Waals surface area (Å²) in [7, 11) is 1.72. The number of rotatable bonds is 6. The molecule has 0 saturated heterocycles. The van der Waals surface area contributed by atoms with Crippen LogP contribution in [-0.2, 0) is 18.3 Å². The fraction of sp³-hybridized carbons (Fsp3) is 0.312. The number of carbonyl (C=O) groups is 2. The minimum absolute atomic E-state index is 0.0803. The highest BCUT2D eigenvalue weighted by Gasteiger charge is 2.19. The molecule has 1 atom stereocenters. The second-order valence-electron chi connectivity index (χ2n) is 5.34. The minimum atomic E-state index is -0.924. The van der Waals surface area contributed by atoms with Gasteiger partial charge < -0.3 is 10.4 Å². The maximum absolute atomic E-state index is 11.9. The molecule has 2 rings (SSSR count). The molecular weight excluding hydrogens is 282 g/mol. The van der Waals surface area contributed by atoms with E-state index in [-0.39, 0.29) is 12.5 Å². The summed E-state index contributed by atoms with van der Waals surface area (Å²) < 4.78 is 1.52. The van der Waals surface area contributed by atoms with Crippen molar-refractivity contribution in [3.05, 3.63) is 53.3 Å². The summed E-state index contributed by atoms with van der Waals surface area (Å²) in [5, 5.41) is 15.9. The number of aliphatic carboxylic acids is 1. The number of amides is 1. The van der Waals surface area contributed by atoms with E-state index in [2.05, 4.69) is 10.4 Å². The smallest absolute Gasteiger partial charge is 0.308 e. The van der Waals surface area contributed by atoms with E-state index < -0.39 is 11.9 Å². The molecule has 1 aromatic heterocycles. The SMILES string of the molecule is Cc1ccc(CC(CNC(=O)c2cnn(C)c2)C(=O)O)cc1. The maximum Gasteiger partial charge on any atom is 0.308 e. The van der Waals surface area contributed by atoms with E-state index in [1.54, 1.807) is 13.2 Å². The van der Waals surface area contributed by atoms with Gasteiger partial charge in [0.2, 0.25) is 0 Å². The van der Waals surface area contributed by atoms with Crippen molar-refractivity contribution in [3.8, 4) is 0 Å². The van der Waals surface area contributed by atoms with Gasteiger partial charge in [0.1, 0.15) is 0 Å². The molecule has 116 valence electrons. The van der Waals surface area contributed by atoms with Crippen molar-refractivity contribution >= 4 is 11.9 Å². The molecule has 6 nitrogen and oxygen atoms in total. The predicted molar refractivity (Wildman–Crippen MR) is 81.6 cm³/mol. The van der Waals surface area contributed by atoms with Crippen molar-refractivity contribution in [2.24, 2.45) is 13.0 Å². The fourth-order valence-corrected chi connectivity index (χ4v) is 2.11. The third-order valence-electron chi connectivity index (χ3n) is 3.43. The monoisotopic (exact) mass is 301 g/mol. The Labute approximate surface area is 128 Å². The summed E-state index contributed by atoms with van der Waals surface area (Å²) in [6, 6.07) is 7.72. The average Bonchev–Trinajstić information content (AvgIpc) is 2.91.